The molecule has 4 aliphatic rings. The maximum atomic E-state index is 13.0. The van der Waals surface area contributed by atoms with Crippen molar-refractivity contribution >= 4 is 11.7 Å². The molecule has 22 heavy (non-hydrogen) atoms. The molecule has 1 heterocycles. The number of allylic oxidation sites excluding steroid dienone is 2. The Hall–Kier alpha value is -1.16. The second kappa shape index (κ2) is 4.44. The number of fused-ring (bicyclic) bond motifs is 5. The number of carbonyl (C=O) groups is 2. The zero-order valence-corrected chi connectivity index (χ0v) is 13.4. The maximum absolute atomic E-state index is 13.0. The molecule has 0 aromatic heterocycles. The van der Waals surface area contributed by atoms with Gasteiger partial charge in [0.15, 0.2) is 0 Å². The standard InChI is InChI=1S/C18H25NO3/c1-17-8-7-15(22)19-13(17)5-3-10-11-4-6-14(21)18(11,2)9-12(20)16(10)17/h5,10-11,14,16,21H,3-4,6-9H2,1-2H3,(H,19,22)/t10?,11?,14-,16?,17?,18?/m0/s1. The number of ketones is 1. The molecule has 0 aromatic carbocycles. The van der Waals surface area contributed by atoms with Crippen molar-refractivity contribution in [3.63, 3.8) is 0 Å². The Balaban J connectivity index is 1.76. The van der Waals surface area contributed by atoms with Crippen molar-refractivity contribution in [2.45, 2.75) is 58.5 Å². The van der Waals surface area contributed by atoms with E-state index in [0.29, 0.717) is 30.5 Å². The van der Waals surface area contributed by atoms with Gasteiger partial charge in [0.1, 0.15) is 5.78 Å². The molecule has 0 spiro atoms. The highest BCUT2D eigenvalue weighted by atomic mass is 16.3. The first-order chi connectivity index (χ1) is 10.4. The van der Waals surface area contributed by atoms with Crippen LogP contribution in [0.15, 0.2) is 11.8 Å². The van der Waals surface area contributed by atoms with Gasteiger partial charge in [-0.05, 0) is 37.5 Å². The SMILES string of the molecule is CC12CCC(=O)NC1=CCC1C2C(=O)CC2(C)C1CC[C@@H]2O. The van der Waals surface area contributed by atoms with E-state index in [-0.39, 0.29) is 28.8 Å². The molecule has 4 heteroatoms. The summed E-state index contributed by atoms with van der Waals surface area (Å²) in [6, 6.07) is 0. The summed E-state index contributed by atoms with van der Waals surface area (Å²) in [6.07, 6.45) is 6.29. The van der Waals surface area contributed by atoms with Crippen molar-refractivity contribution in [1.82, 2.24) is 5.32 Å². The third kappa shape index (κ3) is 1.67. The fourth-order valence-electron chi connectivity index (χ4n) is 6.01. The number of piperidine rings is 1. The smallest absolute Gasteiger partial charge is 0.224 e. The molecule has 3 aliphatic carbocycles. The lowest BCUT2D eigenvalue weighted by Crippen LogP contribution is -2.57. The first kappa shape index (κ1) is 14.4. The van der Waals surface area contributed by atoms with Gasteiger partial charge in [0, 0.05) is 35.3 Å². The van der Waals surface area contributed by atoms with Gasteiger partial charge < -0.3 is 10.4 Å². The number of hydrogen-bond donors (Lipinski definition) is 2. The molecule has 120 valence electrons. The van der Waals surface area contributed by atoms with Crippen molar-refractivity contribution in [3.8, 4) is 0 Å². The van der Waals surface area contributed by atoms with Crippen LogP contribution in [0.2, 0.25) is 0 Å². The largest absolute Gasteiger partial charge is 0.393 e. The van der Waals surface area contributed by atoms with E-state index in [4.69, 9.17) is 0 Å². The highest BCUT2D eigenvalue weighted by Crippen LogP contribution is 2.62. The maximum Gasteiger partial charge on any atom is 0.224 e. The summed E-state index contributed by atoms with van der Waals surface area (Å²) in [7, 11) is 0. The van der Waals surface area contributed by atoms with Crippen LogP contribution in [0.25, 0.3) is 0 Å². The fraction of sp³-hybridized carbons (Fsp3) is 0.778. The molecule has 0 aromatic rings. The molecule has 6 atom stereocenters. The third-order valence-electron chi connectivity index (χ3n) is 7.25. The summed E-state index contributed by atoms with van der Waals surface area (Å²) >= 11 is 0. The van der Waals surface area contributed by atoms with Crippen LogP contribution in [0.1, 0.15) is 52.4 Å². The minimum absolute atomic E-state index is 0.0106. The summed E-state index contributed by atoms with van der Waals surface area (Å²) in [5.41, 5.74) is 0.515. The van der Waals surface area contributed by atoms with Gasteiger partial charge in [-0.15, -0.1) is 0 Å². The molecule has 0 bridgehead atoms. The van der Waals surface area contributed by atoms with Crippen LogP contribution in [0.3, 0.4) is 0 Å². The Bertz CT molecular complexity index is 583. The number of aliphatic hydroxyl groups is 1. The summed E-state index contributed by atoms with van der Waals surface area (Å²) in [6.45, 7) is 4.26. The second-order valence-electron chi connectivity index (χ2n) is 8.31. The van der Waals surface area contributed by atoms with Crippen molar-refractivity contribution in [2.75, 3.05) is 0 Å². The number of hydrogen-bond acceptors (Lipinski definition) is 3. The molecule has 1 saturated heterocycles. The highest BCUT2D eigenvalue weighted by Gasteiger charge is 2.61. The number of rotatable bonds is 0. The molecule has 0 radical (unpaired) electrons. The fourth-order valence-corrected chi connectivity index (χ4v) is 6.01. The minimum atomic E-state index is -0.341. The molecule has 3 fully saturated rings. The Kier molecular flexibility index (Phi) is 2.91. The topological polar surface area (TPSA) is 66.4 Å². The summed E-state index contributed by atoms with van der Waals surface area (Å²) in [5.74, 6) is 1.14. The van der Waals surface area contributed by atoms with Gasteiger partial charge in [-0.2, -0.15) is 0 Å². The van der Waals surface area contributed by atoms with Gasteiger partial charge >= 0.3 is 0 Å². The number of carbonyl (C=O) groups excluding carboxylic acids is 2. The van der Waals surface area contributed by atoms with E-state index < -0.39 is 0 Å². The summed E-state index contributed by atoms with van der Waals surface area (Å²) in [4.78, 5) is 24.7. The monoisotopic (exact) mass is 303 g/mol. The number of aliphatic hydroxyl groups excluding tert-OH is 1. The minimum Gasteiger partial charge on any atom is -0.393 e. The van der Waals surface area contributed by atoms with E-state index in [9.17, 15) is 14.7 Å². The Morgan fingerprint density at radius 1 is 1.27 bits per heavy atom. The van der Waals surface area contributed by atoms with Crippen LogP contribution in [0.5, 0.6) is 0 Å². The van der Waals surface area contributed by atoms with E-state index in [2.05, 4.69) is 25.2 Å². The molecule has 5 unspecified atom stereocenters. The Labute approximate surface area is 131 Å². The van der Waals surface area contributed by atoms with Gasteiger partial charge in [0.25, 0.3) is 0 Å². The van der Waals surface area contributed by atoms with Crippen molar-refractivity contribution in [2.24, 2.45) is 28.6 Å². The van der Waals surface area contributed by atoms with Crippen molar-refractivity contribution in [3.05, 3.63) is 11.8 Å². The average Bonchev–Trinajstić information content (AvgIpc) is 2.75. The average molecular weight is 303 g/mol. The number of amides is 1. The zero-order chi connectivity index (χ0) is 15.7. The summed E-state index contributed by atoms with van der Waals surface area (Å²) in [5, 5.41) is 13.4. The van der Waals surface area contributed by atoms with Gasteiger partial charge in [-0.25, -0.2) is 0 Å². The highest BCUT2D eigenvalue weighted by molar-refractivity contribution is 5.86. The van der Waals surface area contributed by atoms with Crippen LogP contribution < -0.4 is 5.32 Å². The second-order valence-corrected chi connectivity index (χ2v) is 8.31. The molecule has 2 N–H and O–H groups in total. The number of nitrogens with one attached hydrogen (secondary N) is 1. The molecule has 2 saturated carbocycles. The van der Waals surface area contributed by atoms with E-state index in [0.717, 1.165) is 31.4 Å². The molecular formula is C18H25NO3. The van der Waals surface area contributed by atoms with E-state index >= 15 is 0 Å². The predicted molar refractivity (Wildman–Crippen MR) is 81.6 cm³/mol. The molecular weight excluding hydrogens is 278 g/mol. The molecule has 1 aliphatic heterocycles. The van der Waals surface area contributed by atoms with Crippen molar-refractivity contribution in [1.29, 1.82) is 0 Å². The van der Waals surface area contributed by atoms with Crippen LogP contribution in [0, 0.1) is 28.6 Å². The van der Waals surface area contributed by atoms with Crippen LogP contribution in [-0.2, 0) is 9.59 Å². The van der Waals surface area contributed by atoms with Gasteiger partial charge in [-0.3, -0.25) is 9.59 Å². The van der Waals surface area contributed by atoms with E-state index in [1.54, 1.807) is 0 Å². The van der Waals surface area contributed by atoms with E-state index in [1.807, 2.05) is 0 Å². The molecule has 4 rings (SSSR count). The first-order valence-electron chi connectivity index (χ1n) is 8.57. The lowest BCUT2D eigenvalue weighted by atomic mass is 9.49. The Morgan fingerprint density at radius 3 is 2.82 bits per heavy atom. The first-order valence-corrected chi connectivity index (χ1v) is 8.57. The van der Waals surface area contributed by atoms with Gasteiger partial charge in [0.05, 0.1) is 6.10 Å². The van der Waals surface area contributed by atoms with Crippen molar-refractivity contribution < 1.29 is 14.7 Å². The molecule has 4 nitrogen and oxygen atoms in total. The lowest BCUT2D eigenvalue weighted by molar-refractivity contribution is -0.148. The van der Waals surface area contributed by atoms with Gasteiger partial charge in [0.2, 0.25) is 5.91 Å². The van der Waals surface area contributed by atoms with Gasteiger partial charge in [-0.1, -0.05) is 19.9 Å². The molecule has 1 amide bonds. The van der Waals surface area contributed by atoms with Crippen LogP contribution >= 0.6 is 0 Å². The third-order valence-corrected chi connectivity index (χ3v) is 7.25. The van der Waals surface area contributed by atoms with E-state index in [1.165, 1.54) is 0 Å². The normalized spacial score (nSPS) is 50.6. The Morgan fingerprint density at radius 2 is 2.05 bits per heavy atom. The zero-order valence-electron chi connectivity index (χ0n) is 13.4. The predicted octanol–water partition coefficient (Wildman–Crippen LogP) is 2.17. The lowest BCUT2D eigenvalue weighted by Gasteiger charge is -2.55. The van der Waals surface area contributed by atoms with Crippen LogP contribution in [0.4, 0.5) is 0 Å². The quantitative estimate of drug-likeness (QED) is 0.721. The van der Waals surface area contributed by atoms with Crippen LogP contribution in [-0.4, -0.2) is 22.9 Å². The summed E-state index contributed by atoms with van der Waals surface area (Å²) < 4.78 is 0. The number of Topliss-reactive ketones (excluding diaryl/α,β-unsaturated/α-hetero) is 1.